The molecule has 0 heterocycles. The van der Waals surface area contributed by atoms with Crippen LogP contribution in [0.1, 0.15) is 17.5 Å². The molecule has 0 radical (unpaired) electrons. The van der Waals surface area contributed by atoms with Crippen molar-refractivity contribution in [1.29, 1.82) is 0 Å². The minimum absolute atomic E-state index is 0.290. The zero-order chi connectivity index (χ0) is 14.2. The molecule has 0 aliphatic carbocycles. The van der Waals surface area contributed by atoms with Crippen LogP contribution in [0.5, 0.6) is 5.75 Å². The van der Waals surface area contributed by atoms with Crippen molar-refractivity contribution >= 4 is 0 Å². The molecule has 0 fully saturated rings. The number of halogens is 1. The van der Waals surface area contributed by atoms with E-state index in [1.807, 2.05) is 12.1 Å². The molecule has 1 N–H and O–H groups in total. The minimum Gasteiger partial charge on any atom is -0.494 e. The van der Waals surface area contributed by atoms with Crippen molar-refractivity contribution < 1.29 is 9.13 Å². The molecule has 2 nitrogen and oxygen atoms in total. The summed E-state index contributed by atoms with van der Waals surface area (Å²) in [6.07, 6.45) is 2.13. The number of methoxy groups -OCH3 is 1. The van der Waals surface area contributed by atoms with Crippen molar-refractivity contribution in [2.45, 2.75) is 19.4 Å². The second kappa shape index (κ2) is 7.65. The third kappa shape index (κ3) is 4.35. The highest BCUT2D eigenvalue weighted by molar-refractivity contribution is 5.29. The number of benzene rings is 2. The lowest BCUT2D eigenvalue weighted by Gasteiger charge is -2.07. The Morgan fingerprint density at radius 3 is 2.55 bits per heavy atom. The van der Waals surface area contributed by atoms with Gasteiger partial charge in [0.05, 0.1) is 7.11 Å². The van der Waals surface area contributed by atoms with Crippen LogP contribution in [-0.2, 0) is 13.0 Å². The molecule has 20 heavy (non-hydrogen) atoms. The van der Waals surface area contributed by atoms with E-state index in [1.54, 1.807) is 6.07 Å². The summed E-state index contributed by atoms with van der Waals surface area (Å²) in [7, 11) is 1.47. The van der Waals surface area contributed by atoms with Crippen LogP contribution < -0.4 is 10.1 Å². The van der Waals surface area contributed by atoms with E-state index in [9.17, 15) is 4.39 Å². The fourth-order valence-corrected chi connectivity index (χ4v) is 2.11. The number of hydrogen-bond acceptors (Lipinski definition) is 2. The van der Waals surface area contributed by atoms with Gasteiger partial charge in [-0.2, -0.15) is 0 Å². The molecule has 0 atom stereocenters. The van der Waals surface area contributed by atoms with Crippen LogP contribution in [0.15, 0.2) is 48.5 Å². The second-order valence-corrected chi connectivity index (χ2v) is 4.73. The van der Waals surface area contributed by atoms with Crippen LogP contribution in [0, 0.1) is 5.82 Å². The number of nitrogens with one attached hydrogen (secondary N) is 1. The summed E-state index contributed by atoms with van der Waals surface area (Å²) in [6.45, 7) is 1.60. The summed E-state index contributed by atoms with van der Waals surface area (Å²) in [4.78, 5) is 0. The third-order valence-corrected chi connectivity index (χ3v) is 3.21. The molecule has 0 unspecified atom stereocenters. The Labute approximate surface area is 119 Å². The molecule has 2 aromatic carbocycles. The van der Waals surface area contributed by atoms with Crippen LogP contribution in [0.25, 0.3) is 0 Å². The summed E-state index contributed by atoms with van der Waals surface area (Å²) in [5.41, 5.74) is 2.29. The average Bonchev–Trinajstić information content (AvgIpc) is 2.48. The van der Waals surface area contributed by atoms with E-state index in [1.165, 1.54) is 18.7 Å². The third-order valence-electron chi connectivity index (χ3n) is 3.21. The molecule has 0 bridgehead atoms. The Balaban J connectivity index is 1.69. The summed E-state index contributed by atoms with van der Waals surface area (Å²) < 4.78 is 18.4. The first-order chi connectivity index (χ1) is 9.79. The zero-order valence-electron chi connectivity index (χ0n) is 11.7. The van der Waals surface area contributed by atoms with E-state index in [-0.39, 0.29) is 11.6 Å². The summed E-state index contributed by atoms with van der Waals surface area (Å²) in [5, 5.41) is 3.33. The normalized spacial score (nSPS) is 10.5. The molecule has 106 valence electrons. The Bertz CT molecular complexity index is 528. The number of ether oxygens (including phenoxy) is 1. The first kappa shape index (κ1) is 14.5. The van der Waals surface area contributed by atoms with Crippen LogP contribution >= 0.6 is 0 Å². The van der Waals surface area contributed by atoms with Crippen molar-refractivity contribution in [3.8, 4) is 5.75 Å². The Morgan fingerprint density at radius 1 is 1.05 bits per heavy atom. The number of aryl methyl sites for hydroxylation is 1. The predicted octanol–water partition coefficient (Wildman–Crippen LogP) is 3.56. The maximum atomic E-state index is 13.5. The summed E-state index contributed by atoms with van der Waals surface area (Å²) >= 11 is 0. The monoisotopic (exact) mass is 273 g/mol. The van der Waals surface area contributed by atoms with Gasteiger partial charge in [0, 0.05) is 6.54 Å². The lowest BCUT2D eigenvalue weighted by molar-refractivity contribution is 0.386. The summed E-state index contributed by atoms with van der Waals surface area (Å²) in [5.74, 6) is -0.0195. The van der Waals surface area contributed by atoms with Crippen LogP contribution in [-0.4, -0.2) is 13.7 Å². The van der Waals surface area contributed by atoms with Crippen molar-refractivity contribution in [1.82, 2.24) is 5.32 Å². The molecule has 0 saturated carbocycles. The molecule has 0 amide bonds. The Morgan fingerprint density at radius 2 is 1.85 bits per heavy atom. The largest absolute Gasteiger partial charge is 0.494 e. The molecule has 0 saturated heterocycles. The van der Waals surface area contributed by atoms with E-state index >= 15 is 0 Å². The second-order valence-electron chi connectivity index (χ2n) is 4.73. The van der Waals surface area contributed by atoms with E-state index in [2.05, 4.69) is 29.6 Å². The average molecular weight is 273 g/mol. The smallest absolute Gasteiger partial charge is 0.165 e. The van der Waals surface area contributed by atoms with Gasteiger partial charge in [-0.05, 0) is 42.6 Å². The SMILES string of the molecule is COc1ccc(CNCCCc2ccccc2)cc1F. The molecule has 0 aliphatic heterocycles. The van der Waals surface area contributed by atoms with Crippen molar-refractivity contribution in [2.24, 2.45) is 0 Å². The van der Waals surface area contributed by atoms with Crippen molar-refractivity contribution in [2.75, 3.05) is 13.7 Å². The van der Waals surface area contributed by atoms with Gasteiger partial charge in [-0.1, -0.05) is 36.4 Å². The maximum Gasteiger partial charge on any atom is 0.165 e. The van der Waals surface area contributed by atoms with Gasteiger partial charge in [0.15, 0.2) is 11.6 Å². The highest BCUT2D eigenvalue weighted by atomic mass is 19.1. The van der Waals surface area contributed by atoms with Crippen molar-refractivity contribution in [3.05, 3.63) is 65.5 Å². The molecule has 0 aromatic heterocycles. The van der Waals surface area contributed by atoms with Gasteiger partial charge in [0.25, 0.3) is 0 Å². The molecular weight excluding hydrogens is 253 g/mol. The van der Waals surface area contributed by atoms with Gasteiger partial charge in [0.1, 0.15) is 0 Å². The number of rotatable bonds is 7. The molecule has 0 spiro atoms. The highest BCUT2D eigenvalue weighted by Gasteiger charge is 2.02. The van der Waals surface area contributed by atoms with Crippen LogP contribution in [0.4, 0.5) is 4.39 Å². The topological polar surface area (TPSA) is 21.3 Å². The van der Waals surface area contributed by atoms with Gasteiger partial charge < -0.3 is 10.1 Å². The maximum absolute atomic E-state index is 13.5. The standard InChI is InChI=1S/C17H20FNO/c1-20-17-10-9-15(12-16(17)18)13-19-11-5-8-14-6-3-2-4-7-14/h2-4,6-7,9-10,12,19H,5,8,11,13H2,1H3. The molecule has 2 aromatic rings. The Kier molecular flexibility index (Phi) is 5.56. The fourth-order valence-electron chi connectivity index (χ4n) is 2.11. The quantitative estimate of drug-likeness (QED) is 0.779. The molecule has 2 rings (SSSR count). The Hall–Kier alpha value is -1.87. The minimum atomic E-state index is -0.309. The molecule has 0 aliphatic rings. The van der Waals surface area contributed by atoms with Gasteiger partial charge >= 0.3 is 0 Å². The van der Waals surface area contributed by atoms with E-state index in [4.69, 9.17) is 4.74 Å². The lowest BCUT2D eigenvalue weighted by atomic mass is 10.1. The van der Waals surface area contributed by atoms with E-state index in [0.29, 0.717) is 6.54 Å². The zero-order valence-corrected chi connectivity index (χ0v) is 11.7. The first-order valence-corrected chi connectivity index (χ1v) is 6.86. The van der Waals surface area contributed by atoms with Crippen LogP contribution in [0.3, 0.4) is 0 Å². The van der Waals surface area contributed by atoms with E-state index < -0.39 is 0 Å². The van der Waals surface area contributed by atoms with Gasteiger partial charge in [0.2, 0.25) is 0 Å². The number of hydrogen-bond donors (Lipinski definition) is 1. The van der Waals surface area contributed by atoms with Crippen LogP contribution in [0.2, 0.25) is 0 Å². The first-order valence-electron chi connectivity index (χ1n) is 6.86. The predicted molar refractivity (Wildman–Crippen MR) is 79.4 cm³/mol. The molecule has 3 heteroatoms. The van der Waals surface area contributed by atoms with Gasteiger partial charge in [-0.25, -0.2) is 4.39 Å². The van der Waals surface area contributed by atoms with E-state index in [0.717, 1.165) is 24.9 Å². The molecular formula is C17H20FNO. The lowest BCUT2D eigenvalue weighted by Crippen LogP contribution is -2.15. The fraction of sp³-hybridized carbons (Fsp3) is 0.294. The van der Waals surface area contributed by atoms with Gasteiger partial charge in [-0.3, -0.25) is 0 Å². The highest BCUT2D eigenvalue weighted by Crippen LogP contribution is 2.17. The van der Waals surface area contributed by atoms with Gasteiger partial charge in [-0.15, -0.1) is 0 Å². The summed E-state index contributed by atoms with van der Waals surface area (Å²) in [6, 6.07) is 15.5. The van der Waals surface area contributed by atoms with Crippen molar-refractivity contribution in [3.63, 3.8) is 0 Å².